The van der Waals surface area contributed by atoms with Crippen LogP contribution in [0.1, 0.15) is 90.0 Å². The van der Waals surface area contributed by atoms with Gasteiger partial charge in [0.2, 0.25) is 5.72 Å². The molecule has 1 saturated heterocycles. The van der Waals surface area contributed by atoms with Gasteiger partial charge in [-0.1, -0.05) is 88.6 Å². The van der Waals surface area contributed by atoms with Crippen molar-refractivity contribution >= 4 is 17.7 Å². The summed E-state index contributed by atoms with van der Waals surface area (Å²) < 4.78 is 5.25. The van der Waals surface area contributed by atoms with E-state index in [9.17, 15) is 24.6 Å². The average molecular weight is 529 g/mol. The van der Waals surface area contributed by atoms with Crippen LogP contribution in [0.2, 0.25) is 0 Å². The van der Waals surface area contributed by atoms with Crippen molar-refractivity contribution in [3.63, 3.8) is 0 Å². The summed E-state index contributed by atoms with van der Waals surface area (Å²) in [5, 5.41) is 21.9. The number of carbonyl (C=O) groups is 3. The van der Waals surface area contributed by atoms with Gasteiger partial charge in [0.15, 0.2) is 5.78 Å². The van der Waals surface area contributed by atoms with Gasteiger partial charge in [-0.05, 0) is 18.9 Å². The summed E-state index contributed by atoms with van der Waals surface area (Å²) in [5.41, 5.74) is -0.986. The lowest BCUT2D eigenvalue weighted by Gasteiger charge is -2.44. The second-order valence-electron chi connectivity index (χ2n) is 10.4. The Morgan fingerprint density at radius 2 is 1.58 bits per heavy atom. The molecule has 1 fully saturated rings. The van der Waals surface area contributed by atoms with Gasteiger partial charge in [0.25, 0.3) is 0 Å². The second kappa shape index (κ2) is 14.3. The van der Waals surface area contributed by atoms with E-state index in [1.54, 1.807) is 11.8 Å². The van der Waals surface area contributed by atoms with Gasteiger partial charge >= 0.3 is 11.9 Å². The minimum absolute atomic E-state index is 0.00771. The van der Waals surface area contributed by atoms with Crippen LogP contribution in [0.4, 0.5) is 0 Å². The molecule has 2 aliphatic heterocycles. The van der Waals surface area contributed by atoms with Crippen molar-refractivity contribution in [3.05, 3.63) is 47.3 Å². The third-order valence-electron chi connectivity index (χ3n) is 7.64. The maximum atomic E-state index is 13.5. The van der Waals surface area contributed by atoms with Gasteiger partial charge in [-0.25, -0.2) is 4.79 Å². The maximum absolute atomic E-state index is 13.5. The Kier molecular flexibility index (Phi) is 11.2. The number of hydrogen-bond acceptors (Lipinski definition) is 7. The molecule has 2 atom stereocenters. The molecule has 0 saturated carbocycles. The molecule has 0 aliphatic carbocycles. The molecular weight excluding hydrogens is 484 g/mol. The minimum atomic E-state index is -1.97. The van der Waals surface area contributed by atoms with Crippen LogP contribution in [0.25, 0.3) is 0 Å². The molecule has 2 heterocycles. The first-order valence-corrected chi connectivity index (χ1v) is 14.3. The van der Waals surface area contributed by atoms with Gasteiger partial charge in [-0.2, -0.15) is 0 Å². The normalized spacial score (nSPS) is 21.0. The summed E-state index contributed by atoms with van der Waals surface area (Å²) in [6.07, 6.45) is 9.77. The van der Waals surface area contributed by atoms with Crippen LogP contribution in [0.3, 0.4) is 0 Å². The Bertz CT molecular complexity index is 978. The number of fused-ring (bicyclic) bond motifs is 1. The van der Waals surface area contributed by atoms with E-state index in [1.165, 1.54) is 32.1 Å². The van der Waals surface area contributed by atoms with Gasteiger partial charge in [0.05, 0.1) is 18.1 Å². The Morgan fingerprint density at radius 1 is 0.947 bits per heavy atom. The van der Waals surface area contributed by atoms with Crippen molar-refractivity contribution in [2.45, 2.75) is 96.7 Å². The maximum Gasteiger partial charge on any atom is 0.338 e. The van der Waals surface area contributed by atoms with E-state index in [4.69, 9.17) is 4.74 Å². The molecule has 8 heteroatoms. The highest BCUT2D eigenvalue weighted by Crippen LogP contribution is 2.43. The molecule has 0 radical (unpaired) electrons. The molecule has 1 aromatic rings. The molecule has 38 heavy (non-hydrogen) atoms. The molecule has 2 aliphatic rings. The van der Waals surface area contributed by atoms with E-state index >= 15 is 0 Å². The molecule has 0 spiro atoms. The molecule has 0 amide bonds. The van der Waals surface area contributed by atoms with Crippen LogP contribution in [-0.4, -0.2) is 63.2 Å². The molecule has 210 valence electrons. The minimum Gasteiger partial charge on any atom is -0.481 e. The molecule has 0 bridgehead atoms. The molecule has 1 aromatic carbocycles. The zero-order valence-electron chi connectivity index (χ0n) is 23.0. The summed E-state index contributed by atoms with van der Waals surface area (Å²) >= 11 is 0. The van der Waals surface area contributed by atoms with Crippen molar-refractivity contribution in [1.82, 2.24) is 9.80 Å². The van der Waals surface area contributed by atoms with Crippen LogP contribution < -0.4 is 0 Å². The number of nitrogens with zero attached hydrogens (tertiary/aromatic N) is 2. The van der Waals surface area contributed by atoms with Gasteiger partial charge in [0, 0.05) is 32.5 Å². The van der Waals surface area contributed by atoms with E-state index < -0.39 is 23.6 Å². The second-order valence-corrected chi connectivity index (χ2v) is 10.4. The standard InChI is InChI=1S/C30H44N2O6/c1-3-5-6-7-8-9-10-11-15-18-25(33)30(37)21-24(28(34)35)26(29(36)38-4-2)27-31(19-20-32(27)30)22-23-16-13-12-14-17-23/h12-14,16-17,24,37H,3-11,15,18-22H2,1-2H3,(H,34,35)/t24-,30+/m0/s1. The number of carboxylic acids is 1. The quantitative estimate of drug-likeness (QED) is 0.231. The summed E-state index contributed by atoms with van der Waals surface area (Å²) in [5.74, 6) is -3.38. The summed E-state index contributed by atoms with van der Waals surface area (Å²) in [6.45, 7) is 5.16. The smallest absolute Gasteiger partial charge is 0.338 e. The average Bonchev–Trinajstić information content (AvgIpc) is 3.32. The number of ether oxygens (including phenoxy) is 1. The first kappa shape index (κ1) is 29.7. The van der Waals surface area contributed by atoms with E-state index in [0.29, 0.717) is 31.9 Å². The van der Waals surface area contributed by atoms with Crippen molar-refractivity contribution in [2.75, 3.05) is 19.7 Å². The SMILES string of the molecule is CCCCCCCCCCCC(=O)[C@]1(O)C[C@H](C(=O)O)C(C(=O)OCC)=C2N(Cc3ccccc3)CCN21. The molecule has 2 N–H and O–H groups in total. The highest BCUT2D eigenvalue weighted by molar-refractivity contribution is 5.98. The Morgan fingerprint density at radius 3 is 2.18 bits per heavy atom. The van der Waals surface area contributed by atoms with E-state index in [0.717, 1.165) is 24.8 Å². The van der Waals surface area contributed by atoms with Crippen molar-refractivity contribution < 1.29 is 29.3 Å². The van der Waals surface area contributed by atoms with E-state index in [1.807, 2.05) is 35.2 Å². The van der Waals surface area contributed by atoms with Gasteiger partial charge in [-0.15, -0.1) is 0 Å². The van der Waals surface area contributed by atoms with Gasteiger partial charge in [0.1, 0.15) is 5.82 Å². The molecule has 0 unspecified atom stereocenters. The van der Waals surface area contributed by atoms with Crippen LogP contribution in [0.15, 0.2) is 41.7 Å². The lowest BCUT2D eigenvalue weighted by molar-refractivity contribution is -0.169. The van der Waals surface area contributed by atoms with Gasteiger partial charge in [-0.3, -0.25) is 9.59 Å². The third kappa shape index (κ3) is 7.16. The Labute approximate surface area is 226 Å². The van der Waals surface area contributed by atoms with Crippen molar-refractivity contribution in [2.24, 2.45) is 5.92 Å². The van der Waals surface area contributed by atoms with E-state index in [2.05, 4.69) is 6.92 Å². The number of hydrogen-bond donors (Lipinski definition) is 2. The molecule has 0 aromatic heterocycles. The fourth-order valence-electron chi connectivity index (χ4n) is 5.60. The van der Waals surface area contributed by atoms with Crippen LogP contribution in [0, 0.1) is 5.92 Å². The Hall–Kier alpha value is -2.87. The van der Waals surface area contributed by atoms with Crippen LogP contribution in [-0.2, 0) is 25.7 Å². The highest BCUT2D eigenvalue weighted by atomic mass is 16.5. The number of Topliss-reactive ketones (excluding diaryl/α,β-unsaturated/α-hetero) is 1. The number of esters is 1. The van der Waals surface area contributed by atoms with Crippen LogP contribution in [0.5, 0.6) is 0 Å². The largest absolute Gasteiger partial charge is 0.481 e. The number of ketones is 1. The summed E-state index contributed by atoms with van der Waals surface area (Å²) in [6, 6.07) is 9.64. The van der Waals surface area contributed by atoms with E-state index in [-0.39, 0.29) is 30.8 Å². The predicted molar refractivity (Wildman–Crippen MR) is 145 cm³/mol. The fourth-order valence-corrected chi connectivity index (χ4v) is 5.60. The number of benzene rings is 1. The Balaban J connectivity index is 1.77. The molecule has 8 nitrogen and oxygen atoms in total. The fraction of sp³-hybridized carbons (Fsp3) is 0.633. The van der Waals surface area contributed by atoms with Crippen molar-refractivity contribution in [1.29, 1.82) is 0 Å². The number of unbranched alkanes of at least 4 members (excludes halogenated alkanes) is 8. The topological polar surface area (TPSA) is 107 Å². The van der Waals surface area contributed by atoms with Crippen molar-refractivity contribution in [3.8, 4) is 0 Å². The third-order valence-corrected chi connectivity index (χ3v) is 7.64. The lowest BCUT2D eigenvalue weighted by atomic mass is 9.82. The number of carboxylic acid groups (broad SMARTS) is 1. The first-order chi connectivity index (χ1) is 18.3. The van der Waals surface area contributed by atoms with Gasteiger partial charge < -0.3 is 24.7 Å². The molecular formula is C30H44N2O6. The van der Waals surface area contributed by atoms with Crippen LogP contribution >= 0.6 is 0 Å². The summed E-state index contributed by atoms with van der Waals surface area (Å²) in [7, 11) is 0. The molecule has 3 rings (SSSR count). The first-order valence-electron chi connectivity index (χ1n) is 14.3. The number of aliphatic carboxylic acids is 1. The highest BCUT2D eigenvalue weighted by Gasteiger charge is 2.55. The number of carbonyl (C=O) groups excluding carboxylic acids is 2. The number of aliphatic hydroxyl groups is 1. The monoisotopic (exact) mass is 528 g/mol. The summed E-state index contributed by atoms with van der Waals surface area (Å²) in [4.78, 5) is 42.3. The zero-order chi connectivity index (χ0) is 27.5. The lowest BCUT2D eigenvalue weighted by Crippen LogP contribution is -2.59. The number of rotatable bonds is 16. The zero-order valence-corrected chi connectivity index (χ0v) is 23.0. The predicted octanol–water partition coefficient (Wildman–Crippen LogP) is 4.86.